The van der Waals surface area contributed by atoms with Gasteiger partial charge in [-0.25, -0.2) is 0 Å². The van der Waals surface area contributed by atoms with Gasteiger partial charge in [0.15, 0.2) is 5.82 Å². The Balaban J connectivity index is 2.02. The van der Waals surface area contributed by atoms with Crippen LogP contribution < -0.4 is 0 Å². The zero-order valence-electron chi connectivity index (χ0n) is 10.1. The van der Waals surface area contributed by atoms with Crippen LogP contribution in [0.3, 0.4) is 0 Å². The zero-order valence-corrected chi connectivity index (χ0v) is 10.1. The van der Waals surface area contributed by atoms with Crippen molar-refractivity contribution in [1.29, 1.82) is 0 Å². The molecule has 2 atom stereocenters. The Hall–Kier alpha value is -0.900. The smallest absolute Gasteiger partial charge is 0.229 e. The number of hydrogen-bond acceptors (Lipinski definition) is 4. The van der Waals surface area contributed by atoms with Crippen LogP contribution in [0.25, 0.3) is 0 Å². The van der Waals surface area contributed by atoms with Crippen LogP contribution in [0.1, 0.15) is 51.2 Å². The minimum absolute atomic E-state index is 0.328. The van der Waals surface area contributed by atoms with Gasteiger partial charge < -0.3 is 9.63 Å². The van der Waals surface area contributed by atoms with Crippen LogP contribution in [0.4, 0.5) is 0 Å². The SMILES string of the molecule is CCCc1noc(C[C@]2(O)CCC[C@@H]2C)n1. The predicted molar refractivity (Wildman–Crippen MR) is 60.0 cm³/mol. The quantitative estimate of drug-likeness (QED) is 0.851. The molecule has 0 unspecified atom stereocenters. The molecule has 0 radical (unpaired) electrons. The first kappa shape index (κ1) is 11.6. The highest BCUT2D eigenvalue weighted by atomic mass is 16.5. The second kappa shape index (κ2) is 4.53. The van der Waals surface area contributed by atoms with Gasteiger partial charge in [-0.05, 0) is 25.2 Å². The molecule has 0 aromatic carbocycles. The summed E-state index contributed by atoms with van der Waals surface area (Å²) in [6, 6.07) is 0. The van der Waals surface area contributed by atoms with Gasteiger partial charge in [-0.2, -0.15) is 4.98 Å². The number of aromatic nitrogens is 2. The molecule has 0 amide bonds. The first-order valence-electron chi connectivity index (χ1n) is 6.18. The average molecular weight is 224 g/mol. The lowest BCUT2D eigenvalue weighted by Crippen LogP contribution is -2.34. The van der Waals surface area contributed by atoms with Gasteiger partial charge in [0.05, 0.1) is 12.0 Å². The highest BCUT2D eigenvalue weighted by Gasteiger charge is 2.39. The maximum absolute atomic E-state index is 10.4. The number of rotatable bonds is 4. The molecule has 1 aliphatic rings. The van der Waals surface area contributed by atoms with Crippen molar-refractivity contribution in [3.63, 3.8) is 0 Å². The molecule has 0 saturated heterocycles. The Morgan fingerprint density at radius 3 is 3.00 bits per heavy atom. The van der Waals surface area contributed by atoms with Crippen LogP contribution in [0.2, 0.25) is 0 Å². The summed E-state index contributed by atoms with van der Waals surface area (Å²) in [6.07, 6.45) is 5.39. The zero-order chi connectivity index (χ0) is 11.6. The topological polar surface area (TPSA) is 59.2 Å². The lowest BCUT2D eigenvalue weighted by Gasteiger charge is -2.25. The molecule has 0 bridgehead atoms. The second-order valence-electron chi connectivity index (χ2n) is 4.93. The summed E-state index contributed by atoms with van der Waals surface area (Å²) in [5, 5.41) is 14.3. The Labute approximate surface area is 96.1 Å². The van der Waals surface area contributed by atoms with Gasteiger partial charge in [-0.1, -0.05) is 25.4 Å². The Bertz CT molecular complexity index is 351. The summed E-state index contributed by atoms with van der Waals surface area (Å²) in [5.74, 6) is 1.67. The third-order valence-electron chi connectivity index (χ3n) is 3.61. The molecule has 1 N–H and O–H groups in total. The summed E-state index contributed by atoms with van der Waals surface area (Å²) < 4.78 is 5.17. The summed E-state index contributed by atoms with van der Waals surface area (Å²) in [5.41, 5.74) is -0.629. The van der Waals surface area contributed by atoms with Gasteiger partial charge in [-0.3, -0.25) is 0 Å². The van der Waals surface area contributed by atoms with Crippen LogP contribution in [-0.4, -0.2) is 20.8 Å². The van der Waals surface area contributed by atoms with Gasteiger partial charge in [-0.15, -0.1) is 0 Å². The lowest BCUT2D eigenvalue weighted by atomic mass is 9.89. The van der Waals surface area contributed by atoms with Gasteiger partial charge in [0.25, 0.3) is 0 Å². The fourth-order valence-electron chi connectivity index (χ4n) is 2.44. The fraction of sp³-hybridized carbons (Fsp3) is 0.833. The van der Waals surface area contributed by atoms with E-state index in [0.29, 0.717) is 18.2 Å². The van der Waals surface area contributed by atoms with E-state index in [-0.39, 0.29) is 0 Å². The molecule has 90 valence electrons. The number of aliphatic hydroxyl groups is 1. The van der Waals surface area contributed by atoms with E-state index in [1.165, 1.54) is 0 Å². The predicted octanol–water partition coefficient (Wildman–Crippen LogP) is 2.12. The third kappa shape index (κ3) is 2.26. The van der Waals surface area contributed by atoms with Crippen molar-refractivity contribution in [2.45, 2.75) is 58.0 Å². The normalized spacial score (nSPS) is 29.8. The van der Waals surface area contributed by atoms with Gasteiger partial charge >= 0.3 is 0 Å². The highest BCUT2D eigenvalue weighted by molar-refractivity contribution is 4.98. The molecule has 2 rings (SSSR count). The van der Waals surface area contributed by atoms with Crippen molar-refractivity contribution in [2.24, 2.45) is 5.92 Å². The molecule has 4 heteroatoms. The molecule has 1 fully saturated rings. The van der Waals surface area contributed by atoms with E-state index in [0.717, 1.165) is 37.9 Å². The first-order valence-corrected chi connectivity index (χ1v) is 6.18. The minimum atomic E-state index is -0.629. The second-order valence-corrected chi connectivity index (χ2v) is 4.93. The van der Waals surface area contributed by atoms with Crippen molar-refractivity contribution < 1.29 is 9.63 Å². The molecular formula is C12H20N2O2. The first-order chi connectivity index (χ1) is 7.64. The standard InChI is InChI=1S/C12H20N2O2/c1-3-5-10-13-11(16-14-10)8-12(15)7-4-6-9(12)2/h9,15H,3-8H2,1-2H3/t9-,12+/m0/s1. The van der Waals surface area contributed by atoms with E-state index in [1.54, 1.807) is 0 Å². The van der Waals surface area contributed by atoms with Crippen molar-refractivity contribution in [1.82, 2.24) is 10.1 Å². The third-order valence-corrected chi connectivity index (χ3v) is 3.61. The van der Waals surface area contributed by atoms with Crippen molar-refractivity contribution in [3.05, 3.63) is 11.7 Å². The van der Waals surface area contributed by atoms with E-state index in [1.807, 2.05) is 0 Å². The lowest BCUT2D eigenvalue weighted by molar-refractivity contribution is 0.00291. The maximum atomic E-state index is 10.4. The summed E-state index contributed by atoms with van der Waals surface area (Å²) in [4.78, 5) is 4.31. The van der Waals surface area contributed by atoms with E-state index in [2.05, 4.69) is 24.0 Å². The molecule has 1 aromatic rings. The minimum Gasteiger partial charge on any atom is -0.389 e. The van der Waals surface area contributed by atoms with Crippen LogP contribution in [-0.2, 0) is 12.8 Å². The number of aryl methyl sites for hydroxylation is 1. The molecule has 1 aliphatic carbocycles. The monoisotopic (exact) mass is 224 g/mol. The van der Waals surface area contributed by atoms with Crippen LogP contribution >= 0.6 is 0 Å². The molecule has 0 spiro atoms. The molecule has 16 heavy (non-hydrogen) atoms. The van der Waals surface area contributed by atoms with E-state index >= 15 is 0 Å². The largest absolute Gasteiger partial charge is 0.389 e. The van der Waals surface area contributed by atoms with Crippen molar-refractivity contribution >= 4 is 0 Å². The average Bonchev–Trinajstić information content (AvgIpc) is 2.77. The van der Waals surface area contributed by atoms with E-state index in [4.69, 9.17) is 4.52 Å². The number of hydrogen-bond donors (Lipinski definition) is 1. The van der Waals surface area contributed by atoms with E-state index < -0.39 is 5.60 Å². The molecule has 1 aromatic heterocycles. The molecule has 4 nitrogen and oxygen atoms in total. The van der Waals surface area contributed by atoms with Gasteiger partial charge in [0, 0.05) is 6.42 Å². The molecular weight excluding hydrogens is 204 g/mol. The van der Waals surface area contributed by atoms with Crippen LogP contribution in [0.5, 0.6) is 0 Å². The summed E-state index contributed by atoms with van der Waals surface area (Å²) in [7, 11) is 0. The van der Waals surface area contributed by atoms with Gasteiger partial charge in [0.1, 0.15) is 0 Å². The van der Waals surface area contributed by atoms with Crippen LogP contribution in [0.15, 0.2) is 4.52 Å². The van der Waals surface area contributed by atoms with E-state index in [9.17, 15) is 5.11 Å². The molecule has 1 heterocycles. The van der Waals surface area contributed by atoms with Gasteiger partial charge in [0.2, 0.25) is 5.89 Å². The Kier molecular flexibility index (Phi) is 3.28. The highest BCUT2D eigenvalue weighted by Crippen LogP contribution is 2.37. The summed E-state index contributed by atoms with van der Waals surface area (Å²) >= 11 is 0. The maximum Gasteiger partial charge on any atom is 0.229 e. The Morgan fingerprint density at radius 1 is 1.56 bits per heavy atom. The van der Waals surface area contributed by atoms with Crippen molar-refractivity contribution in [2.75, 3.05) is 0 Å². The Morgan fingerprint density at radius 2 is 2.38 bits per heavy atom. The molecule has 0 aliphatic heterocycles. The summed E-state index contributed by atoms with van der Waals surface area (Å²) in [6.45, 7) is 4.18. The number of nitrogens with zero attached hydrogens (tertiary/aromatic N) is 2. The van der Waals surface area contributed by atoms with Crippen LogP contribution in [0, 0.1) is 5.92 Å². The molecule has 1 saturated carbocycles. The fourth-order valence-corrected chi connectivity index (χ4v) is 2.44. The van der Waals surface area contributed by atoms with Crippen molar-refractivity contribution in [3.8, 4) is 0 Å².